The highest BCUT2D eigenvalue weighted by atomic mass is 127. The quantitative estimate of drug-likeness (QED) is 0.343. The van der Waals surface area contributed by atoms with Crippen molar-refractivity contribution in [2.75, 3.05) is 13.1 Å². The molecule has 144 valence electrons. The van der Waals surface area contributed by atoms with E-state index in [-0.39, 0.29) is 35.9 Å². The fourth-order valence-corrected chi connectivity index (χ4v) is 2.60. The van der Waals surface area contributed by atoms with E-state index in [1.165, 1.54) is 0 Å². The van der Waals surface area contributed by atoms with Crippen LogP contribution in [-0.4, -0.2) is 29.2 Å². The topological polar surface area (TPSA) is 75.3 Å². The molecule has 1 heterocycles. The van der Waals surface area contributed by atoms with E-state index in [1.54, 1.807) is 0 Å². The summed E-state index contributed by atoms with van der Waals surface area (Å²) in [4.78, 5) is 8.95. The van der Waals surface area contributed by atoms with Crippen LogP contribution in [0.2, 0.25) is 5.02 Å². The third kappa shape index (κ3) is 6.75. The number of aromatic nitrogens is 2. The van der Waals surface area contributed by atoms with E-state index >= 15 is 0 Å². The maximum absolute atomic E-state index is 6.26. The van der Waals surface area contributed by atoms with Crippen molar-refractivity contribution in [2.24, 2.45) is 4.99 Å². The lowest BCUT2D eigenvalue weighted by atomic mass is 10.1. The maximum atomic E-state index is 6.26. The smallest absolute Gasteiger partial charge is 0.228 e. The summed E-state index contributed by atoms with van der Waals surface area (Å²) < 4.78 is 5.25. The zero-order valence-corrected chi connectivity index (χ0v) is 18.7. The summed E-state index contributed by atoms with van der Waals surface area (Å²) in [5.74, 6) is 2.34. The fraction of sp³-hybridized carbons (Fsp3) is 0.500. The highest BCUT2D eigenvalue weighted by molar-refractivity contribution is 14.0. The van der Waals surface area contributed by atoms with Crippen molar-refractivity contribution in [2.45, 2.75) is 46.1 Å². The number of benzene rings is 1. The molecule has 1 aromatic heterocycles. The number of hydrogen-bond donors (Lipinski definition) is 2. The lowest BCUT2D eigenvalue weighted by molar-refractivity contribution is 0.372. The van der Waals surface area contributed by atoms with E-state index < -0.39 is 0 Å². The van der Waals surface area contributed by atoms with Crippen molar-refractivity contribution in [3.8, 4) is 0 Å². The molecular formula is C18H27ClIN5O. The van der Waals surface area contributed by atoms with Crippen LogP contribution >= 0.6 is 35.6 Å². The molecule has 0 amide bonds. The first kappa shape index (κ1) is 22.7. The summed E-state index contributed by atoms with van der Waals surface area (Å²) in [7, 11) is 0. The molecule has 26 heavy (non-hydrogen) atoms. The van der Waals surface area contributed by atoms with Crippen LogP contribution in [0, 0.1) is 0 Å². The zero-order chi connectivity index (χ0) is 18.2. The third-order valence-corrected chi connectivity index (χ3v) is 4.01. The highest BCUT2D eigenvalue weighted by Gasteiger charge is 2.12. The largest absolute Gasteiger partial charge is 0.357 e. The Labute approximate surface area is 177 Å². The zero-order valence-electron chi connectivity index (χ0n) is 15.6. The van der Waals surface area contributed by atoms with E-state index in [9.17, 15) is 0 Å². The Morgan fingerprint density at radius 3 is 2.62 bits per heavy atom. The lowest BCUT2D eigenvalue weighted by Gasteiger charge is -2.19. The van der Waals surface area contributed by atoms with Crippen LogP contribution in [0.4, 0.5) is 0 Å². The van der Waals surface area contributed by atoms with Crippen LogP contribution in [0.3, 0.4) is 0 Å². The van der Waals surface area contributed by atoms with Crippen LogP contribution in [0.25, 0.3) is 0 Å². The Morgan fingerprint density at radius 2 is 2.00 bits per heavy atom. The molecule has 0 spiro atoms. The minimum atomic E-state index is 0. The predicted molar refractivity (Wildman–Crippen MR) is 116 cm³/mol. The molecule has 2 N–H and O–H groups in total. The Bertz CT molecular complexity index is 704. The van der Waals surface area contributed by atoms with Crippen LogP contribution in [-0.2, 0) is 6.42 Å². The molecule has 8 heteroatoms. The monoisotopic (exact) mass is 491 g/mol. The van der Waals surface area contributed by atoms with Crippen LogP contribution in [0.1, 0.15) is 56.9 Å². The molecule has 2 rings (SSSR count). The van der Waals surface area contributed by atoms with Gasteiger partial charge in [0.05, 0.1) is 12.6 Å². The van der Waals surface area contributed by atoms with Crippen molar-refractivity contribution in [3.05, 3.63) is 46.6 Å². The van der Waals surface area contributed by atoms with Gasteiger partial charge in [0, 0.05) is 23.9 Å². The minimum Gasteiger partial charge on any atom is -0.357 e. The standard InChI is InChI=1S/C18H26ClN5O.HI/c1-5-20-18(22-13(4)14-8-6-7-9-15(14)19)21-11-10-16-23-17(12(2)3)24-25-16;/h6-9,12-13H,5,10-11H2,1-4H3,(H2,20,21,22);1H. The number of hydrogen-bond acceptors (Lipinski definition) is 4. The van der Waals surface area contributed by atoms with Crippen molar-refractivity contribution in [1.82, 2.24) is 20.8 Å². The Hall–Kier alpha value is -1.35. The molecule has 6 nitrogen and oxygen atoms in total. The highest BCUT2D eigenvalue weighted by Crippen LogP contribution is 2.21. The SMILES string of the molecule is CCNC(=NCCc1nc(C(C)C)no1)NC(C)c1ccccc1Cl.I. The molecule has 0 bridgehead atoms. The van der Waals surface area contributed by atoms with Gasteiger partial charge in [0.2, 0.25) is 5.89 Å². The van der Waals surface area contributed by atoms with Gasteiger partial charge in [-0.15, -0.1) is 24.0 Å². The Kier molecular flexibility index (Phi) is 9.93. The van der Waals surface area contributed by atoms with E-state index in [0.717, 1.165) is 28.9 Å². The molecule has 0 saturated carbocycles. The molecular weight excluding hydrogens is 465 g/mol. The number of nitrogens with one attached hydrogen (secondary N) is 2. The van der Waals surface area contributed by atoms with Crippen molar-refractivity contribution in [1.29, 1.82) is 0 Å². The molecule has 1 aromatic carbocycles. The Balaban J connectivity index is 0.00000338. The van der Waals surface area contributed by atoms with E-state index in [2.05, 4.69) is 32.7 Å². The van der Waals surface area contributed by atoms with Crippen molar-refractivity contribution >= 4 is 41.5 Å². The number of aliphatic imine (C=N–C) groups is 1. The molecule has 1 unspecified atom stereocenters. The first-order valence-corrected chi connectivity index (χ1v) is 9.00. The van der Waals surface area contributed by atoms with E-state index in [0.29, 0.717) is 18.9 Å². The average molecular weight is 492 g/mol. The Morgan fingerprint density at radius 1 is 1.27 bits per heavy atom. The van der Waals surface area contributed by atoms with Gasteiger partial charge in [0.1, 0.15) is 0 Å². The summed E-state index contributed by atoms with van der Waals surface area (Å²) in [6, 6.07) is 7.84. The number of nitrogens with zero attached hydrogens (tertiary/aromatic N) is 3. The van der Waals surface area contributed by atoms with Gasteiger partial charge in [-0.2, -0.15) is 4.98 Å². The number of rotatable bonds is 7. The van der Waals surface area contributed by atoms with Crippen molar-refractivity contribution in [3.63, 3.8) is 0 Å². The lowest BCUT2D eigenvalue weighted by Crippen LogP contribution is -2.39. The van der Waals surface area contributed by atoms with Crippen molar-refractivity contribution < 1.29 is 4.52 Å². The van der Waals surface area contributed by atoms with E-state index in [4.69, 9.17) is 16.1 Å². The molecule has 0 radical (unpaired) electrons. The van der Waals surface area contributed by atoms with Gasteiger partial charge in [0.15, 0.2) is 11.8 Å². The second-order valence-electron chi connectivity index (χ2n) is 6.10. The van der Waals surface area contributed by atoms with Gasteiger partial charge in [-0.3, -0.25) is 4.99 Å². The summed E-state index contributed by atoms with van der Waals surface area (Å²) in [6.45, 7) is 9.50. The summed E-state index contributed by atoms with van der Waals surface area (Å²) >= 11 is 6.26. The van der Waals surface area contributed by atoms with Gasteiger partial charge in [-0.25, -0.2) is 0 Å². The van der Waals surface area contributed by atoms with Gasteiger partial charge < -0.3 is 15.2 Å². The second kappa shape index (κ2) is 11.4. The van der Waals surface area contributed by atoms with Gasteiger partial charge in [-0.05, 0) is 25.5 Å². The predicted octanol–water partition coefficient (Wildman–Crippen LogP) is 4.32. The second-order valence-corrected chi connectivity index (χ2v) is 6.51. The third-order valence-electron chi connectivity index (χ3n) is 3.66. The van der Waals surface area contributed by atoms with Crippen LogP contribution in [0.5, 0.6) is 0 Å². The number of guanidine groups is 1. The first-order chi connectivity index (χ1) is 12.0. The molecule has 0 aliphatic rings. The summed E-state index contributed by atoms with van der Waals surface area (Å²) in [5.41, 5.74) is 1.04. The number of halogens is 2. The van der Waals surface area contributed by atoms with Gasteiger partial charge >= 0.3 is 0 Å². The molecule has 0 saturated heterocycles. The summed E-state index contributed by atoms with van der Waals surface area (Å²) in [6.07, 6.45) is 0.608. The molecule has 2 aromatic rings. The van der Waals surface area contributed by atoms with Crippen LogP contribution in [0.15, 0.2) is 33.8 Å². The molecule has 0 aliphatic heterocycles. The molecule has 0 fully saturated rings. The van der Waals surface area contributed by atoms with Gasteiger partial charge in [-0.1, -0.05) is 48.8 Å². The molecule has 0 aliphatic carbocycles. The average Bonchev–Trinajstić information content (AvgIpc) is 3.04. The molecule has 1 atom stereocenters. The maximum Gasteiger partial charge on any atom is 0.228 e. The summed E-state index contributed by atoms with van der Waals surface area (Å²) in [5, 5.41) is 11.3. The minimum absolute atomic E-state index is 0. The first-order valence-electron chi connectivity index (χ1n) is 8.63. The van der Waals surface area contributed by atoms with Gasteiger partial charge in [0.25, 0.3) is 0 Å². The van der Waals surface area contributed by atoms with E-state index in [1.807, 2.05) is 45.0 Å². The fourth-order valence-electron chi connectivity index (χ4n) is 2.30. The normalized spacial score (nSPS) is 12.6. The van der Waals surface area contributed by atoms with Crippen LogP contribution < -0.4 is 10.6 Å².